The molecule has 11 rings (SSSR count). The monoisotopic (exact) mass is 696 g/mol. The average molecular weight is 697 g/mol. The first kappa shape index (κ1) is 29.7. The molecule has 0 bridgehead atoms. The molecule has 0 aliphatic carbocycles. The highest BCUT2D eigenvalue weighted by Crippen LogP contribution is 2.47. The molecular formula is C46H28N6S. The third-order valence-electron chi connectivity index (χ3n) is 10.0. The van der Waals surface area contributed by atoms with Crippen molar-refractivity contribution in [1.29, 1.82) is 0 Å². The van der Waals surface area contributed by atoms with E-state index < -0.39 is 0 Å². The molecule has 53 heavy (non-hydrogen) atoms. The van der Waals surface area contributed by atoms with Crippen LogP contribution in [0.4, 0.5) is 17.3 Å². The molecule has 10 aromatic rings. The van der Waals surface area contributed by atoms with Crippen molar-refractivity contribution in [3.05, 3.63) is 170 Å². The molecule has 3 aromatic heterocycles. The first-order chi connectivity index (χ1) is 26.3. The van der Waals surface area contributed by atoms with E-state index in [9.17, 15) is 0 Å². The lowest BCUT2D eigenvalue weighted by atomic mass is 10.0. The van der Waals surface area contributed by atoms with Gasteiger partial charge in [-0.3, -0.25) is 9.47 Å². The van der Waals surface area contributed by atoms with Gasteiger partial charge in [-0.05, 0) is 72.8 Å². The second-order valence-electron chi connectivity index (χ2n) is 13.1. The van der Waals surface area contributed by atoms with Crippen molar-refractivity contribution < 1.29 is 0 Å². The van der Waals surface area contributed by atoms with Gasteiger partial charge in [0, 0.05) is 53.7 Å². The molecule has 6 nitrogen and oxygen atoms in total. The van der Waals surface area contributed by atoms with Crippen molar-refractivity contribution in [1.82, 2.24) is 24.5 Å². The van der Waals surface area contributed by atoms with Crippen LogP contribution in [0.3, 0.4) is 0 Å². The smallest absolute Gasteiger partial charge is 0.220 e. The van der Waals surface area contributed by atoms with E-state index >= 15 is 0 Å². The lowest BCUT2D eigenvalue weighted by Gasteiger charge is -2.24. The fourth-order valence-corrected chi connectivity index (χ4v) is 8.62. The highest BCUT2D eigenvalue weighted by atomic mass is 32.1. The highest BCUT2D eigenvalue weighted by Gasteiger charge is 2.29. The summed E-state index contributed by atoms with van der Waals surface area (Å²) in [5, 5.41) is 2.45. The van der Waals surface area contributed by atoms with Crippen molar-refractivity contribution in [2.45, 2.75) is 0 Å². The molecule has 1 aliphatic rings. The Morgan fingerprint density at radius 2 is 1.00 bits per heavy atom. The van der Waals surface area contributed by atoms with Crippen LogP contribution < -0.4 is 4.90 Å². The molecule has 0 unspecified atom stereocenters. The van der Waals surface area contributed by atoms with Gasteiger partial charge in [-0.1, -0.05) is 97.1 Å². The van der Waals surface area contributed by atoms with Gasteiger partial charge in [-0.2, -0.15) is 0 Å². The van der Waals surface area contributed by atoms with Crippen LogP contribution in [0.5, 0.6) is 0 Å². The quantitative estimate of drug-likeness (QED) is 0.183. The number of benzene rings is 7. The fraction of sp³-hybridized carbons (Fsp3) is 0. The summed E-state index contributed by atoms with van der Waals surface area (Å²) in [7, 11) is 0. The number of para-hydroxylation sites is 4. The van der Waals surface area contributed by atoms with E-state index in [2.05, 4.69) is 143 Å². The number of rotatable bonds is 4. The van der Waals surface area contributed by atoms with E-state index in [-0.39, 0.29) is 0 Å². The number of hydrogen-bond acceptors (Lipinski definition) is 6. The van der Waals surface area contributed by atoms with Crippen molar-refractivity contribution in [3.63, 3.8) is 0 Å². The molecule has 0 radical (unpaired) electrons. The molecule has 248 valence electrons. The number of nitrogens with zero attached hydrogens (tertiary/aromatic N) is 6. The molecule has 0 fully saturated rings. The first-order valence-corrected chi connectivity index (χ1v) is 18.4. The van der Waals surface area contributed by atoms with Crippen LogP contribution in [-0.4, -0.2) is 24.5 Å². The van der Waals surface area contributed by atoms with Gasteiger partial charge in [0.05, 0.1) is 22.4 Å². The number of aromatic nitrogens is 5. The number of anilines is 3. The summed E-state index contributed by atoms with van der Waals surface area (Å²) in [5.41, 5.74) is 10.2. The van der Waals surface area contributed by atoms with Crippen LogP contribution in [0, 0.1) is 0 Å². The summed E-state index contributed by atoms with van der Waals surface area (Å²) in [4.78, 5) is 22.7. The Balaban J connectivity index is 1.07. The number of imidazole rings is 1. The molecule has 0 amide bonds. The second kappa shape index (κ2) is 11.8. The third-order valence-corrected chi connectivity index (χ3v) is 11.2. The normalized spacial score (nSPS) is 12.1. The van der Waals surface area contributed by atoms with Crippen LogP contribution in [0.15, 0.2) is 170 Å². The highest BCUT2D eigenvalue weighted by molar-refractivity contribution is 7.25. The Morgan fingerprint density at radius 1 is 0.415 bits per heavy atom. The maximum absolute atomic E-state index is 5.23. The van der Waals surface area contributed by atoms with E-state index in [1.165, 1.54) is 20.2 Å². The zero-order valence-electron chi connectivity index (χ0n) is 28.3. The van der Waals surface area contributed by atoms with Gasteiger partial charge >= 0.3 is 0 Å². The molecule has 0 atom stereocenters. The van der Waals surface area contributed by atoms with Gasteiger partial charge < -0.3 is 0 Å². The van der Waals surface area contributed by atoms with E-state index in [1.54, 1.807) is 11.3 Å². The Bertz CT molecular complexity index is 3020. The molecular weight excluding hydrogens is 669 g/mol. The zero-order valence-corrected chi connectivity index (χ0v) is 29.1. The van der Waals surface area contributed by atoms with Crippen LogP contribution >= 0.6 is 11.3 Å². The van der Waals surface area contributed by atoms with Crippen LogP contribution in [0.1, 0.15) is 0 Å². The van der Waals surface area contributed by atoms with Gasteiger partial charge in [0.15, 0.2) is 17.5 Å². The van der Waals surface area contributed by atoms with Gasteiger partial charge in [0.1, 0.15) is 0 Å². The summed E-state index contributed by atoms with van der Waals surface area (Å²) >= 11 is 1.81. The Labute approximate surface area is 309 Å². The molecule has 0 saturated carbocycles. The minimum Gasteiger partial charge on any atom is -0.280 e. The van der Waals surface area contributed by atoms with Crippen LogP contribution in [0.2, 0.25) is 0 Å². The maximum Gasteiger partial charge on any atom is 0.220 e. The van der Waals surface area contributed by atoms with E-state index in [0.717, 1.165) is 61.9 Å². The Kier molecular flexibility index (Phi) is 6.62. The minimum absolute atomic E-state index is 0.617. The SMILES string of the molecule is c1ccc(-c2nc(-c3ccc(N4c5ccccc5-c5ccccc5-n5c4nc4ccccc45)cc3)nc(-c3ccc4sc5ccccc5c4c3)n2)cc1. The fourth-order valence-electron chi connectivity index (χ4n) is 7.53. The third kappa shape index (κ3) is 4.79. The molecule has 0 spiro atoms. The molecule has 0 N–H and O–H groups in total. The largest absolute Gasteiger partial charge is 0.280 e. The zero-order chi connectivity index (χ0) is 34.9. The molecule has 7 aromatic carbocycles. The van der Waals surface area contributed by atoms with Crippen LogP contribution in [0.25, 0.3) is 82.2 Å². The lowest BCUT2D eigenvalue weighted by molar-refractivity contribution is 1.05. The Morgan fingerprint density at radius 3 is 1.81 bits per heavy atom. The molecule has 4 heterocycles. The van der Waals surface area contributed by atoms with Gasteiger partial charge in [0.25, 0.3) is 0 Å². The van der Waals surface area contributed by atoms with Crippen molar-refractivity contribution >= 4 is 59.9 Å². The lowest BCUT2D eigenvalue weighted by Crippen LogP contribution is -2.14. The summed E-state index contributed by atoms with van der Waals surface area (Å²) < 4.78 is 4.79. The average Bonchev–Trinajstić information content (AvgIpc) is 3.76. The molecule has 7 heteroatoms. The van der Waals surface area contributed by atoms with Crippen molar-refractivity contribution in [2.24, 2.45) is 0 Å². The number of thiophene rings is 1. The van der Waals surface area contributed by atoms with Crippen LogP contribution in [-0.2, 0) is 0 Å². The molecule has 1 aliphatic heterocycles. The van der Waals surface area contributed by atoms with Crippen molar-refractivity contribution in [3.8, 4) is 51.0 Å². The Hall–Kier alpha value is -6.96. The topological polar surface area (TPSA) is 59.7 Å². The van der Waals surface area contributed by atoms with E-state index in [4.69, 9.17) is 19.9 Å². The van der Waals surface area contributed by atoms with Crippen molar-refractivity contribution in [2.75, 3.05) is 4.90 Å². The standard InChI is InChI=1S/C46H28N6S/c1-2-12-29(13-3-1)43-48-44(50-45(49-43)31-24-27-42-36(28-31)35-16-6-11-21-41(35)53-42)30-22-25-32(26-23-30)51-38-18-8-4-14-33(38)34-15-5-9-19-39(34)52-40-20-10-7-17-37(40)47-46(51)52/h1-28H. The van der Waals surface area contributed by atoms with E-state index in [0.29, 0.717) is 17.5 Å². The number of fused-ring (bicyclic) bond motifs is 10. The van der Waals surface area contributed by atoms with Gasteiger partial charge in [-0.25, -0.2) is 19.9 Å². The molecule has 0 saturated heterocycles. The summed E-state index contributed by atoms with van der Waals surface area (Å²) in [5.74, 6) is 2.73. The van der Waals surface area contributed by atoms with E-state index in [1.807, 2.05) is 36.4 Å². The predicted octanol–water partition coefficient (Wildman–Crippen LogP) is 12.0. The van der Waals surface area contributed by atoms with Gasteiger partial charge in [-0.15, -0.1) is 11.3 Å². The maximum atomic E-state index is 5.23. The second-order valence-corrected chi connectivity index (χ2v) is 14.2. The summed E-state index contributed by atoms with van der Waals surface area (Å²) in [6.45, 7) is 0. The predicted molar refractivity (Wildman–Crippen MR) is 217 cm³/mol. The summed E-state index contributed by atoms with van der Waals surface area (Å²) in [6, 6.07) is 59.1. The number of hydrogen-bond donors (Lipinski definition) is 0. The first-order valence-electron chi connectivity index (χ1n) is 17.6. The summed E-state index contributed by atoms with van der Waals surface area (Å²) in [6.07, 6.45) is 0. The van der Waals surface area contributed by atoms with Gasteiger partial charge in [0.2, 0.25) is 5.95 Å². The minimum atomic E-state index is 0.617.